The number of aromatic nitrogens is 1. The Bertz CT molecular complexity index is 418. The van der Waals surface area contributed by atoms with Gasteiger partial charge in [0.25, 0.3) is 0 Å². The van der Waals surface area contributed by atoms with Gasteiger partial charge in [0, 0.05) is 31.2 Å². The number of hydrogen-bond acceptors (Lipinski definition) is 3. The van der Waals surface area contributed by atoms with Crippen LogP contribution in [-0.4, -0.2) is 30.2 Å². The fourth-order valence-corrected chi connectivity index (χ4v) is 2.26. The lowest BCUT2D eigenvalue weighted by Gasteiger charge is -2.34. The Hall–Kier alpha value is -1.23. The summed E-state index contributed by atoms with van der Waals surface area (Å²) in [6.07, 6.45) is 3.33. The van der Waals surface area contributed by atoms with Gasteiger partial charge in [0.1, 0.15) is 5.82 Å². The summed E-state index contributed by atoms with van der Waals surface area (Å²) in [7, 11) is 0. The highest BCUT2D eigenvalue weighted by molar-refractivity contribution is 5.42. The highest BCUT2D eigenvalue weighted by Crippen LogP contribution is 2.38. The third kappa shape index (κ3) is 1.65. The predicted molar refractivity (Wildman–Crippen MR) is 56.3 cm³/mol. The minimum Gasteiger partial charge on any atom is -0.351 e. The van der Waals surface area contributed by atoms with Crippen molar-refractivity contribution in [3.63, 3.8) is 0 Å². The van der Waals surface area contributed by atoms with Crippen LogP contribution in [0.3, 0.4) is 0 Å². The molecule has 1 spiro atoms. The number of halogens is 2. The van der Waals surface area contributed by atoms with Crippen LogP contribution in [0.25, 0.3) is 0 Å². The first-order valence-corrected chi connectivity index (χ1v) is 5.50. The maximum atomic E-state index is 13.5. The summed E-state index contributed by atoms with van der Waals surface area (Å²) in [5.74, 6) is -0.926. The molecule has 2 fully saturated rings. The van der Waals surface area contributed by atoms with Crippen molar-refractivity contribution < 1.29 is 8.78 Å². The van der Waals surface area contributed by atoms with Crippen LogP contribution in [0.1, 0.15) is 12.8 Å². The highest BCUT2D eigenvalue weighted by atomic mass is 19.1. The highest BCUT2D eigenvalue weighted by Gasteiger charge is 2.46. The van der Waals surface area contributed by atoms with Gasteiger partial charge in [-0.1, -0.05) is 0 Å². The Morgan fingerprint density at radius 1 is 1.38 bits per heavy atom. The van der Waals surface area contributed by atoms with Crippen molar-refractivity contribution in [3.8, 4) is 0 Å². The van der Waals surface area contributed by atoms with Gasteiger partial charge in [0.05, 0.1) is 6.20 Å². The lowest BCUT2D eigenvalue weighted by atomic mass is 10.2. The summed E-state index contributed by atoms with van der Waals surface area (Å²) < 4.78 is 26.3. The summed E-state index contributed by atoms with van der Waals surface area (Å²) in [5, 5.41) is 3.43. The van der Waals surface area contributed by atoms with Crippen LogP contribution in [0.4, 0.5) is 14.6 Å². The van der Waals surface area contributed by atoms with E-state index in [1.165, 1.54) is 0 Å². The molecule has 1 saturated carbocycles. The molecule has 1 aromatic rings. The quantitative estimate of drug-likeness (QED) is 0.781. The van der Waals surface area contributed by atoms with E-state index in [0.29, 0.717) is 0 Å². The summed E-state index contributed by atoms with van der Waals surface area (Å²) in [5.41, 5.74) is 0.167. The Morgan fingerprint density at radius 3 is 2.88 bits per heavy atom. The van der Waals surface area contributed by atoms with E-state index in [4.69, 9.17) is 0 Å². The molecule has 0 atom stereocenters. The second-order valence-electron chi connectivity index (χ2n) is 4.59. The summed E-state index contributed by atoms with van der Waals surface area (Å²) >= 11 is 0. The van der Waals surface area contributed by atoms with E-state index in [2.05, 4.69) is 10.3 Å². The van der Waals surface area contributed by atoms with Crippen molar-refractivity contribution in [2.45, 2.75) is 18.4 Å². The van der Waals surface area contributed by atoms with Gasteiger partial charge in [-0.25, -0.2) is 13.8 Å². The maximum Gasteiger partial charge on any atom is 0.168 e. The lowest BCUT2D eigenvalue weighted by Crippen LogP contribution is -2.53. The van der Waals surface area contributed by atoms with E-state index >= 15 is 0 Å². The molecule has 0 bridgehead atoms. The zero-order chi connectivity index (χ0) is 11.2. The van der Waals surface area contributed by atoms with Crippen molar-refractivity contribution >= 4 is 5.82 Å². The first-order chi connectivity index (χ1) is 7.69. The second-order valence-corrected chi connectivity index (χ2v) is 4.59. The molecule has 3 nitrogen and oxygen atoms in total. The van der Waals surface area contributed by atoms with Gasteiger partial charge >= 0.3 is 0 Å². The predicted octanol–water partition coefficient (Wildman–Crippen LogP) is 1.30. The molecule has 0 unspecified atom stereocenters. The SMILES string of the molecule is Fc1cnc(N2CCNC3(CC3)C2)c(F)c1. The second kappa shape index (κ2) is 3.38. The number of hydrogen-bond donors (Lipinski definition) is 1. The van der Waals surface area contributed by atoms with Crippen molar-refractivity contribution in [1.82, 2.24) is 10.3 Å². The van der Waals surface area contributed by atoms with Crippen LogP contribution < -0.4 is 10.2 Å². The Balaban J connectivity index is 1.85. The van der Waals surface area contributed by atoms with Crippen LogP contribution in [0.5, 0.6) is 0 Å². The topological polar surface area (TPSA) is 28.2 Å². The molecule has 1 aliphatic carbocycles. The zero-order valence-electron chi connectivity index (χ0n) is 8.84. The Morgan fingerprint density at radius 2 is 2.19 bits per heavy atom. The van der Waals surface area contributed by atoms with Gasteiger partial charge in [-0.2, -0.15) is 0 Å². The van der Waals surface area contributed by atoms with Crippen LogP contribution >= 0.6 is 0 Å². The Kier molecular flexibility index (Phi) is 2.10. The van der Waals surface area contributed by atoms with E-state index < -0.39 is 11.6 Å². The van der Waals surface area contributed by atoms with Crippen LogP contribution in [0, 0.1) is 11.6 Å². The molecule has 1 aromatic heterocycles. The molecule has 1 saturated heterocycles. The molecule has 0 radical (unpaired) electrons. The number of nitrogens with zero attached hydrogens (tertiary/aromatic N) is 2. The summed E-state index contributed by atoms with van der Waals surface area (Å²) in [6, 6.07) is 0.893. The molecule has 5 heteroatoms. The molecule has 16 heavy (non-hydrogen) atoms. The van der Waals surface area contributed by atoms with E-state index in [1.807, 2.05) is 4.90 Å². The molecular weight excluding hydrogens is 212 g/mol. The molecular formula is C11H13F2N3. The molecule has 1 N–H and O–H groups in total. The fourth-order valence-electron chi connectivity index (χ4n) is 2.26. The van der Waals surface area contributed by atoms with Crippen molar-refractivity contribution in [3.05, 3.63) is 23.9 Å². The molecule has 0 amide bonds. The zero-order valence-corrected chi connectivity index (χ0v) is 8.84. The average Bonchev–Trinajstić information content (AvgIpc) is 2.97. The largest absolute Gasteiger partial charge is 0.351 e. The third-order valence-electron chi connectivity index (χ3n) is 3.32. The summed E-state index contributed by atoms with van der Waals surface area (Å²) in [4.78, 5) is 5.74. The first-order valence-electron chi connectivity index (χ1n) is 5.50. The van der Waals surface area contributed by atoms with E-state index in [0.717, 1.165) is 44.7 Å². The van der Waals surface area contributed by atoms with Gasteiger partial charge in [-0.05, 0) is 12.8 Å². The van der Waals surface area contributed by atoms with E-state index in [9.17, 15) is 8.78 Å². The minimum atomic E-state index is -0.627. The first kappa shape index (κ1) is 9.96. The maximum absolute atomic E-state index is 13.5. The van der Waals surface area contributed by atoms with Gasteiger partial charge in [0.2, 0.25) is 0 Å². The van der Waals surface area contributed by atoms with Gasteiger partial charge < -0.3 is 10.2 Å². The normalized spacial score (nSPS) is 22.5. The smallest absolute Gasteiger partial charge is 0.168 e. The van der Waals surface area contributed by atoms with Gasteiger partial charge in [-0.3, -0.25) is 0 Å². The van der Waals surface area contributed by atoms with Crippen LogP contribution in [0.2, 0.25) is 0 Å². The van der Waals surface area contributed by atoms with Gasteiger partial charge in [-0.15, -0.1) is 0 Å². The van der Waals surface area contributed by atoms with Crippen molar-refractivity contribution in [2.75, 3.05) is 24.5 Å². The number of piperazine rings is 1. The van der Waals surface area contributed by atoms with Gasteiger partial charge in [0.15, 0.2) is 11.6 Å². The van der Waals surface area contributed by atoms with Crippen LogP contribution in [-0.2, 0) is 0 Å². The number of nitrogens with one attached hydrogen (secondary N) is 1. The van der Waals surface area contributed by atoms with Crippen molar-refractivity contribution in [1.29, 1.82) is 0 Å². The molecule has 86 valence electrons. The molecule has 1 aliphatic heterocycles. The molecule has 2 heterocycles. The Labute approximate surface area is 92.5 Å². The number of rotatable bonds is 1. The molecule has 0 aromatic carbocycles. The monoisotopic (exact) mass is 225 g/mol. The number of pyridine rings is 1. The molecule has 2 aliphatic rings. The standard InChI is InChI=1S/C11H13F2N3/c12-8-5-9(13)10(14-6-8)16-4-3-15-11(7-16)1-2-11/h5-6,15H,1-4,7H2. The van der Waals surface area contributed by atoms with E-state index in [1.54, 1.807) is 0 Å². The minimum absolute atomic E-state index is 0.167. The average molecular weight is 225 g/mol. The third-order valence-corrected chi connectivity index (χ3v) is 3.32. The summed E-state index contributed by atoms with van der Waals surface area (Å²) in [6.45, 7) is 2.32. The van der Waals surface area contributed by atoms with E-state index in [-0.39, 0.29) is 11.4 Å². The lowest BCUT2D eigenvalue weighted by molar-refractivity contribution is 0.434. The fraction of sp³-hybridized carbons (Fsp3) is 0.545. The van der Waals surface area contributed by atoms with Crippen LogP contribution in [0.15, 0.2) is 12.3 Å². The van der Waals surface area contributed by atoms with Crippen molar-refractivity contribution in [2.24, 2.45) is 0 Å². The molecule has 3 rings (SSSR count). The number of anilines is 1.